The smallest absolute Gasteiger partial charge is 0.335 e. The molecule has 0 aliphatic heterocycles. The summed E-state index contributed by atoms with van der Waals surface area (Å²) in [4.78, 5) is 0. The summed E-state index contributed by atoms with van der Waals surface area (Å²) in [6.45, 7) is 0. The Labute approximate surface area is 120 Å². The Bertz CT molecular complexity index is 778. The first-order valence-electron chi connectivity index (χ1n) is 5.78. The molecular formula is C11H9F3N6S. The maximum Gasteiger partial charge on any atom is 0.416 e. The number of benzene rings is 1. The molecule has 0 fully saturated rings. The molecule has 21 heavy (non-hydrogen) atoms. The fourth-order valence-electron chi connectivity index (χ4n) is 1.75. The van der Waals surface area contributed by atoms with E-state index in [9.17, 15) is 13.2 Å². The molecule has 0 saturated heterocycles. The number of fused-ring (bicyclic) bond motifs is 1. The first kappa shape index (κ1) is 13.7. The Balaban J connectivity index is 1.79. The minimum atomic E-state index is -4.35. The average Bonchev–Trinajstić information content (AvgIpc) is 3.00. The van der Waals surface area contributed by atoms with E-state index in [1.54, 1.807) is 6.07 Å². The highest BCUT2D eigenvalue weighted by Crippen LogP contribution is 2.30. The number of aromatic nitrogens is 5. The molecule has 2 N–H and O–H groups in total. The SMILES string of the molecule is Nn1cnn2c(SCc3cccc(C(F)(F)F)c3)nnc12. The third-order valence-corrected chi connectivity index (χ3v) is 3.73. The summed E-state index contributed by atoms with van der Waals surface area (Å²) in [5, 5.41) is 12.2. The average molecular weight is 314 g/mol. The second kappa shape index (κ2) is 4.95. The van der Waals surface area contributed by atoms with Crippen molar-refractivity contribution in [3.8, 4) is 0 Å². The summed E-state index contributed by atoms with van der Waals surface area (Å²) in [5.74, 6) is 6.25. The van der Waals surface area contributed by atoms with Crippen LogP contribution in [0.2, 0.25) is 0 Å². The predicted molar refractivity (Wildman–Crippen MR) is 69.9 cm³/mol. The van der Waals surface area contributed by atoms with Gasteiger partial charge in [-0.1, -0.05) is 30.0 Å². The summed E-state index contributed by atoms with van der Waals surface area (Å²) < 4.78 is 40.5. The van der Waals surface area contributed by atoms with Crippen molar-refractivity contribution < 1.29 is 13.2 Å². The number of nitrogen functional groups attached to an aromatic ring is 1. The van der Waals surface area contributed by atoms with Crippen LogP contribution in [-0.4, -0.2) is 24.5 Å². The zero-order valence-corrected chi connectivity index (χ0v) is 11.3. The van der Waals surface area contributed by atoms with Gasteiger partial charge in [-0.2, -0.15) is 22.8 Å². The van der Waals surface area contributed by atoms with Crippen LogP contribution in [0.3, 0.4) is 0 Å². The normalized spacial score (nSPS) is 12.1. The maximum atomic E-state index is 12.6. The molecule has 10 heteroatoms. The van der Waals surface area contributed by atoms with Gasteiger partial charge in [0.2, 0.25) is 5.16 Å². The molecule has 0 amide bonds. The Kier molecular flexibility index (Phi) is 3.24. The van der Waals surface area contributed by atoms with Gasteiger partial charge >= 0.3 is 6.18 Å². The van der Waals surface area contributed by atoms with Gasteiger partial charge in [0.15, 0.2) is 0 Å². The van der Waals surface area contributed by atoms with Crippen LogP contribution in [0.5, 0.6) is 0 Å². The number of nitrogens with zero attached hydrogens (tertiary/aromatic N) is 5. The van der Waals surface area contributed by atoms with Crippen LogP contribution < -0.4 is 5.84 Å². The number of hydrogen-bond donors (Lipinski definition) is 1. The van der Waals surface area contributed by atoms with E-state index in [0.717, 1.165) is 12.1 Å². The third-order valence-electron chi connectivity index (χ3n) is 2.74. The van der Waals surface area contributed by atoms with Crippen molar-refractivity contribution in [1.29, 1.82) is 0 Å². The van der Waals surface area contributed by atoms with Crippen molar-refractivity contribution in [2.75, 3.05) is 5.84 Å². The molecule has 0 aliphatic rings. The standard InChI is InChI=1S/C11H9F3N6S/c12-11(13,14)8-3-1-2-7(4-8)5-21-10-18-17-9-19(15)6-16-20(9)10/h1-4,6H,5,15H2. The Morgan fingerprint density at radius 2 is 2.05 bits per heavy atom. The van der Waals surface area contributed by atoms with Crippen molar-refractivity contribution >= 4 is 17.5 Å². The molecule has 2 aromatic heterocycles. The van der Waals surface area contributed by atoms with Gasteiger partial charge in [-0.25, -0.2) is 4.68 Å². The van der Waals surface area contributed by atoms with E-state index in [-0.39, 0.29) is 0 Å². The molecule has 3 aromatic rings. The quantitative estimate of drug-likeness (QED) is 0.591. The van der Waals surface area contributed by atoms with E-state index in [1.165, 1.54) is 33.3 Å². The molecule has 0 aliphatic carbocycles. The first-order valence-corrected chi connectivity index (χ1v) is 6.76. The van der Waals surface area contributed by atoms with Gasteiger partial charge in [0, 0.05) is 5.75 Å². The molecule has 110 valence electrons. The minimum Gasteiger partial charge on any atom is -0.335 e. The van der Waals surface area contributed by atoms with E-state index >= 15 is 0 Å². The van der Waals surface area contributed by atoms with Gasteiger partial charge in [-0.15, -0.1) is 10.2 Å². The lowest BCUT2D eigenvalue weighted by Gasteiger charge is -2.07. The lowest BCUT2D eigenvalue weighted by Crippen LogP contribution is -2.06. The second-order valence-corrected chi connectivity index (χ2v) is 5.16. The van der Waals surface area contributed by atoms with E-state index in [4.69, 9.17) is 5.84 Å². The molecule has 2 heterocycles. The minimum absolute atomic E-state index is 0.322. The molecule has 0 bridgehead atoms. The molecule has 1 aromatic carbocycles. The Morgan fingerprint density at radius 1 is 1.24 bits per heavy atom. The summed E-state index contributed by atoms with van der Waals surface area (Å²) in [5.41, 5.74) is -0.128. The van der Waals surface area contributed by atoms with Crippen molar-refractivity contribution in [2.45, 2.75) is 17.1 Å². The topological polar surface area (TPSA) is 74.0 Å². The van der Waals surface area contributed by atoms with Gasteiger partial charge in [-0.3, -0.25) is 0 Å². The van der Waals surface area contributed by atoms with Gasteiger partial charge < -0.3 is 5.84 Å². The summed E-state index contributed by atoms with van der Waals surface area (Å²) in [6.07, 6.45) is -2.97. The Hall–Kier alpha value is -2.23. The fourth-order valence-corrected chi connectivity index (χ4v) is 2.58. The number of alkyl halides is 3. The highest BCUT2D eigenvalue weighted by molar-refractivity contribution is 7.98. The molecule has 3 rings (SSSR count). The molecular weight excluding hydrogens is 305 g/mol. The lowest BCUT2D eigenvalue weighted by molar-refractivity contribution is -0.137. The number of rotatable bonds is 3. The molecule has 0 saturated carbocycles. The number of hydrogen-bond acceptors (Lipinski definition) is 5. The van der Waals surface area contributed by atoms with E-state index in [1.807, 2.05) is 0 Å². The van der Waals surface area contributed by atoms with Crippen molar-refractivity contribution in [3.63, 3.8) is 0 Å². The van der Waals surface area contributed by atoms with Crippen LogP contribution in [0.15, 0.2) is 35.7 Å². The summed E-state index contributed by atoms with van der Waals surface area (Å²) in [7, 11) is 0. The second-order valence-electron chi connectivity index (χ2n) is 4.22. The van der Waals surface area contributed by atoms with Gasteiger partial charge in [-0.05, 0) is 11.6 Å². The fraction of sp³-hybridized carbons (Fsp3) is 0.182. The Morgan fingerprint density at radius 3 is 2.81 bits per heavy atom. The molecule has 6 nitrogen and oxygen atoms in total. The number of halogens is 3. The third kappa shape index (κ3) is 2.66. The highest BCUT2D eigenvalue weighted by Gasteiger charge is 2.30. The van der Waals surface area contributed by atoms with Crippen molar-refractivity contribution in [2.24, 2.45) is 0 Å². The zero-order chi connectivity index (χ0) is 15.0. The first-order chi connectivity index (χ1) is 9.95. The molecule has 0 spiro atoms. The van der Waals surface area contributed by atoms with Crippen molar-refractivity contribution in [3.05, 3.63) is 41.7 Å². The van der Waals surface area contributed by atoms with Crippen LogP contribution in [0.1, 0.15) is 11.1 Å². The van der Waals surface area contributed by atoms with Crippen LogP contribution in [-0.2, 0) is 11.9 Å². The van der Waals surface area contributed by atoms with Gasteiger partial charge in [0.1, 0.15) is 6.33 Å². The van der Waals surface area contributed by atoms with E-state index < -0.39 is 11.7 Å². The van der Waals surface area contributed by atoms with Gasteiger partial charge in [0.25, 0.3) is 5.78 Å². The van der Waals surface area contributed by atoms with Gasteiger partial charge in [0.05, 0.1) is 5.56 Å². The van der Waals surface area contributed by atoms with Crippen LogP contribution in [0.25, 0.3) is 5.78 Å². The predicted octanol–water partition coefficient (Wildman–Crippen LogP) is 1.95. The van der Waals surface area contributed by atoms with Crippen LogP contribution in [0.4, 0.5) is 13.2 Å². The lowest BCUT2D eigenvalue weighted by atomic mass is 10.1. The molecule has 0 unspecified atom stereocenters. The van der Waals surface area contributed by atoms with Crippen LogP contribution >= 0.6 is 11.8 Å². The maximum absolute atomic E-state index is 12.6. The number of nitrogens with two attached hydrogens (primary N) is 1. The zero-order valence-electron chi connectivity index (χ0n) is 10.4. The molecule has 0 atom stereocenters. The van der Waals surface area contributed by atoms with Crippen molar-refractivity contribution in [1.82, 2.24) is 24.5 Å². The molecule has 0 radical (unpaired) electrons. The van der Waals surface area contributed by atoms with E-state index in [2.05, 4.69) is 15.3 Å². The highest BCUT2D eigenvalue weighted by atomic mass is 32.2. The van der Waals surface area contributed by atoms with E-state index in [0.29, 0.717) is 22.3 Å². The number of thioether (sulfide) groups is 1. The van der Waals surface area contributed by atoms with Crippen LogP contribution in [0, 0.1) is 0 Å². The monoisotopic (exact) mass is 314 g/mol. The summed E-state index contributed by atoms with van der Waals surface area (Å²) in [6, 6.07) is 5.17. The summed E-state index contributed by atoms with van der Waals surface area (Å²) >= 11 is 1.23. The largest absolute Gasteiger partial charge is 0.416 e.